The molecule has 1 heterocycles. The Morgan fingerprint density at radius 2 is 1.94 bits per heavy atom. The molecule has 92 valence electrons. The third-order valence-electron chi connectivity index (χ3n) is 3.57. The quantitative estimate of drug-likeness (QED) is 0.652. The summed E-state index contributed by atoms with van der Waals surface area (Å²) in [5, 5.41) is 0. The Balaban J connectivity index is 2.63. The molecule has 3 nitrogen and oxygen atoms in total. The second-order valence-electron chi connectivity index (χ2n) is 4.79. The summed E-state index contributed by atoms with van der Waals surface area (Å²) in [6.45, 7) is 4.31. The van der Waals surface area contributed by atoms with Crippen molar-refractivity contribution >= 4 is 11.8 Å². The monoisotopic (exact) mass is 225 g/mol. The van der Waals surface area contributed by atoms with Gasteiger partial charge in [0.2, 0.25) is 11.8 Å². The Morgan fingerprint density at radius 1 is 1.25 bits per heavy atom. The second kappa shape index (κ2) is 6.02. The highest BCUT2D eigenvalue weighted by molar-refractivity contribution is 6.03. The van der Waals surface area contributed by atoms with E-state index in [1.807, 2.05) is 0 Å². The van der Waals surface area contributed by atoms with Crippen molar-refractivity contribution in [3.8, 4) is 0 Å². The van der Waals surface area contributed by atoms with Crippen LogP contribution in [-0.2, 0) is 9.59 Å². The number of imide groups is 1. The molecule has 2 unspecified atom stereocenters. The van der Waals surface area contributed by atoms with E-state index in [2.05, 4.69) is 13.8 Å². The van der Waals surface area contributed by atoms with Gasteiger partial charge in [-0.3, -0.25) is 14.5 Å². The average Bonchev–Trinajstić information content (AvgIpc) is 2.52. The van der Waals surface area contributed by atoms with E-state index in [0.717, 1.165) is 32.1 Å². The zero-order valence-electron chi connectivity index (χ0n) is 10.7. The molecule has 2 amide bonds. The fraction of sp³-hybridized carbons (Fsp3) is 0.846. The van der Waals surface area contributed by atoms with E-state index < -0.39 is 0 Å². The Hall–Kier alpha value is -0.860. The highest BCUT2D eigenvalue weighted by Gasteiger charge is 2.39. The third kappa shape index (κ3) is 2.83. The highest BCUT2D eigenvalue weighted by atomic mass is 16.2. The van der Waals surface area contributed by atoms with Crippen molar-refractivity contribution in [1.82, 2.24) is 4.90 Å². The van der Waals surface area contributed by atoms with Crippen molar-refractivity contribution in [2.45, 2.75) is 52.4 Å². The predicted octanol–water partition coefficient (Wildman–Crippen LogP) is 2.60. The molecule has 0 bridgehead atoms. The van der Waals surface area contributed by atoms with Crippen molar-refractivity contribution in [3.63, 3.8) is 0 Å². The van der Waals surface area contributed by atoms with E-state index in [-0.39, 0.29) is 17.7 Å². The van der Waals surface area contributed by atoms with Crippen LogP contribution in [0.2, 0.25) is 0 Å². The summed E-state index contributed by atoms with van der Waals surface area (Å²) in [5.41, 5.74) is 0. The molecule has 1 aliphatic heterocycles. The maximum atomic E-state index is 11.9. The highest BCUT2D eigenvalue weighted by Crippen LogP contribution is 2.32. The number of rotatable bonds is 6. The molecule has 1 aliphatic rings. The standard InChI is InChI=1S/C13H23NO2/c1-4-6-8-10(7-5-2)11-9-12(15)14(3)13(11)16/h10-11H,4-9H2,1-3H3. The van der Waals surface area contributed by atoms with Gasteiger partial charge in [0.25, 0.3) is 0 Å². The van der Waals surface area contributed by atoms with Crippen molar-refractivity contribution in [1.29, 1.82) is 0 Å². The molecular weight excluding hydrogens is 202 g/mol. The lowest BCUT2D eigenvalue weighted by molar-refractivity contribution is -0.138. The lowest BCUT2D eigenvalue weighted by Crippen LogP contribution is -2.28. The topological polar surface area (TPSA) is 37.4 Å². The minimum absolute atomic E-state index is 0.00685. The van der Waals surface area contributed by atoms with E-state index in [1.165, 1.54) is 4.90 Å². The number of carbonyl (C=O) groups excluding carboxylic acids is 2. The maximum Gasteiger partial charge on any atom is 0.232 e. The molecule has 0 radical (unpaired) electrons. The van der Waals surface area contributed by atoms with Crippen LogP contribution in [-0.4, -0.2) is 23.8 Å². The van der Waals surface area contributed by atoms with Crippen LogP contribution in [0.25, 0.3) is 0 Å². The summed E-state index contributed by atoms with van der Waals surface area (Å²) in [6.07, 6.45) is 6.00. The first-order valence-corrected chi connectivity index (χ1v) is 6.42. The van der Waals surface area contributed by atoms with Gasteiger partial charge in [-0.05, 0) is 18.8 Å². The van der Waals surface area contributed by atoms with Gasteiger partial charge in [-0.25, -0.2) is 0 Å². The molecule has 16 heavy (non-hydrogen) atoms. The molecule has 0 spiro atoms. The predicted molar refractivity (Wildman–Crippen MR) is 63.8 cm³/mol. The van der Waals surface area contributed by atoms with Crippen LogP contribution in [0.3, 0.4) is 0 Å². The van der Waals surface area contributed by atoms with Gasteiger partial charge < -0.3 is 0 Å². The van der Waals surface area contributed by atoms with Crippen LogP contribution in [0.5, 0.6) is 0 Å². The van der Waals surface area contributed by atoms with Gasteiger partial charge in [0.1, 0.15) is 0 Å². The summed E-state index contributed by atoms with van der Waals surface area (Å²) in [4.78, 5) is 24.7. The van der Waals surface area contributed by atoms with Gasteiger partial charge in [-0.2, -0.15) is 0 Å². The number of amides is 2. The van der Waals surface area contributed by atoms with Gasteiger partial charge in [-0.1, -0.05) is 33.1 Å². The van der Waals surface area contributed by atoms with Crippen molar-refractivity contribution in [2.24, 2.45) is 11.8 Å². The van der Waals surface area contributed by atoms with E-state index in [9.17, 15) is 9.59 Å². The molecule has 1 saturated heterocycles. The van der Waals surface area contributed by atoms with Crippen LogP contribution in [0.1, 0.15) is 52.4 Å². The summed E-state index contributed by atoms with van der Waals surface area (Å²) >= 11 is 0. The first-order chi connectivity index (χ1) is 7.61. The lowest BCUT2D eigenvalue weighted by Gasteiger charge is -2.20. The fourth-order valence-corrected chi connectivity index (χ4v) is 2.54. The summed E-state index contributed by atoms with van der Waals surface area (Å²) in [5.74, 6) is 0.405. The molecule has 0 aliphatic carbocycles. The zero-order valence-corrected chi connectivity index (χ0v) is 10.7. The minimum Gasteiger partial charge on any atom is -0.285 e. The third-order valence-corrected chi connectivity index (χ3v) is 3.57. The average molecular weight is 225 g/mol. The van der Waals surface area contributed by atoms with Crippen LogP contribution in [0.4, 0.5) is 0 Å². The van der Waals surface area contributed by atoms with Gasteiger partial charge in [-0.15, -0.1) is 0 Å². The molecule has 0 N–H and O–H groups in total. The largest absolute Gasteiger partial charge is 0.285 e. The molecule has 2 atom stereocenters. The second-order valence-corrected chi connectivity index (χ2v) is 4.79. The Kier molecular flexibility index (Phi) is 4.97. The van der Waals surface area contributed by atoms with E-state index >= 15 is 0 Å². The molecule has 3 heteroatoms. The maximum absolute atomic E-state index is 11.9. The number of unbranched alkanes of at least 4 members (excludes halogenated alkanes) is 1. The van der Waals surface area contributed by atoms with E-state index in [0.29, 0.717) is 12.3 Å². The van der Waals surface area contributed by atoms with Crippen molar-refractivity contribution < 1.29 is 9.59 Å². The number of hydrogen-bond donors (Lipinski definition) is 0. The molecule has 0 saturated carbocycles. The van der Waals surface area contributed by atoms with Gasteiger partial charge in [0.15, 0.2) is 0 Å². The molecule has 0 aromatic rings. The smallest absolute Gasteiger partial charge is 0.232 e. The van der Waals surface area contributed by atoms with E-state index in [4.69, 9.17) is 0 Å². The SMILES string of the molecule is CCCCC(CCC)C1CC(=O)N(C)C1=O. The van der Waals surface area contributed by atoms with Crippen LogP contribution < -0.4 is 0 Å². The van der Waals surface area contributed by atoms with E-state index in [1.54, 1.807) is 7.05 Å². The molecular formula is C13H23NO2. The van der Waals surface area contributed by atoms with Crippen molar-refractivity contribution in [3.05, 3.63) is 0 Å². The fourth-order valence-electron chi connectivity index (χ4n) is 2.54. The van der Waals surface area contributed by atoms with Crippen LogP contribution >= 0.6 is 0 Å². The number of nitrogens with zero attached hydrogens (tertiary/aromatic N) is 1. The van der Waals surface area contributed by atoms with Crippen molar-refractivity contribution in [2.75, 3.05) is 7.05 Å². The summed E-state index contributed by atoms with van der Waals surface area (Å²) in [6, 6.07) is 0. The first-order valence-electron chi connectivity index (χ1n) is 6.42. The summed E-state index contributed by atoms with van der Waals surface area (Å²) < 4.78 is 0. The van der Waals surface area contributed by atoms with Gasteiger partial charge in [0, 0.05) is 13.5 Å². The minimum atomic E-state index is -0.0380. The summed E-state index contributed by atoms with van der Waals surface area (Å²) in [7, 11) is 1.60. The molecule has 1 fully saturated rings. The lowest BCUT2D eigenvalue weighted by atomic mass is 9.83. The first kappa shape index (κ1) is 13.2. The van der Waals surface area contributed by atoms with Gasteiger partial charge >= 0.3 is 0 Å². The van der Waals surface area contributed by atoms with Gasteiger partial charge in [0.05, 0.1) is 5.92 Å². The molecule has 1 rings (SSSR count). The Morgan fingerprint density at radius 3 is 2.38 bits per heavy atom. The zero-order chi connectivity index (χ0) is 12.1. The van der Waals surface area contributed by atoms with Crippen LogP contribution in [0.15, 0.2) is 0 Å². The number of likely N-dealkylation sites (tertiary alicyclic amines) is 1. The normalized spacial score (nSPS) is 22.9. The number of carbonyl (C=O) groups is 2. The Labute approximate surface area is 98.2 Å². The number of hydrogen-bond acceptors (Lipinski definition) is 2. The molecule has 0 aromatic heterocycles. The van der Waals surface area contributed by atoms with Crippen LogP contribution in [0, 0.1) is 11.8 Å². The molecule has 0 aromatic carbocycles. The Bertz CT molecular complexity index is 263.